The molecule has 0 bridgehead atoms. The highest BCUT2D eigenvalue weighted by atomic mass is 16.5. The Morgan fingerprint density at radius 2 is 2.25 bits per heavy atom. The van der Waals surface area contributed by atoms with Gasteiger partial charge in [0.25, 0.3) is 0 Å². The first kappa shape index (κ1) is 8.79. The van der Waals surface area contributed by atoms with Crippen molar-refractivity contribution < 1.29 is 9.53 Å². The normalized spacial score (nSPS) is 18.7. The first-order valence-electron chi connectivity index (χ1n) is 3.98. The van der Waals surface area contributed by atoms with Gasteiger partial charge in [-0.05, 0) is 19.8 Å². The number of nitriles is 1. The SMILES string of the molecule is CCOC(=O)C1(C#N)CC=CC1. The third kappa shape index (κ3) is 1.33. The van der Waals surface area contributed by atoms with E-state index in [9.17, 15) is 4.79 Å². The summed E-state index contributed by atoms with van der Waals surface area (Å²) in [6.07, 6.45) is 4.67. The Hall–Kier alpha value is -1.30. The van der Waals surface area contributed by atoms with Crippen molar-refractivity contribution >= 4 is 5.97 Å². The van der Waals surface area contributed by atoms with Gasteiger partial charge in [-0.1, -0.05) is 12.2 Å². The van der Waals surface area contributed by atoms with Crippen LogP contribution in [0, 0.1) is 16.7 Å². The summed E-state index contributed by atoms with van der Waals surface area (Å²) in [4.78, 5) is 11.3. The summed E-state index contributed by atoms with van der Waals surface area (Å²) in [6, 6.07) is 2.02. The van der Waals surface area contributed by atoms with E-state index >= 15 is 0 Å². The zero-order chi connectivity index (χ0) is 9.03. The van der Waals surface area contributed by atoms with Crippen molar-refractivity contribution in [3.63, 3.8) is 0 Å². The lowest BCUT2D eigenvalue weighted by Crippen LogP contribution is -2.28. The lowest BCUT2D eigenvalue weighted by molar-refractivity contribution is -0.151. The lowest BCUT2D eigenvalue weighted by Gasteiger charge is -2.17. The van der Waals surface area contributed by atoms with E-state index in [2.05, 4.69) is 0 Å². The molecule has 1 aliphatic rings. The molecule has 3 nitrogen and oxygen atoms in total. The fourth-order valence-corrected chi connectivity index (χ4v) is 1.23. The van der Waals surface area contributed by atoms with Crippen LogP contribution in [0.4, 0.5) is 0 Å². The highest BCUT2D eigenvalue weighted by Gasteiger charge is 2.40. The molecular weight excluding hydrogens is 154 g/mol. The molecule has 0 radical (unpaired) electrons. The van der Waals surface area contributed by atoms with Crippen LogP contribution in [0.15, 0.2) is 12.2 Å². The van der Waals surface area contributed by atoms with Gasteiger partial charge in [-0.2, -0.15) is 5.26 Å². The number of carbonyl (C=O) groups is 1. The number of esters is 1. The standard InChI is InChI=1S/C9H11NO2/c1-2-12-8(11)9(7-10)5-3-4-6-9/h3-4H,2,5-6H2,1H3. The molecule has 0 spiro atoms. The maximum absolute atomic E-state index is 11.3. The molecule has 0 aromatic rings. The van der Waals surface area contributed by atoms with Gasteiger partial charge < -0.3 is 4.74 Å². The third-order valence-electron chi connectivity index (χ3n) is 1.98. The van der Waals surface area contributed by atoms with E-state index in [1.165, 1.54) is 0 Å². The van der Waals surface area contributed by atoms with Crippen molar-refractivity contribution in [1.29, 1.82) is 5.26 Å². The van der Waals surface area contributed by atoms with Crippen molar-refractivity contribution in [1.82, 2.24) is 0 Å². The van der Waals surface area contributed by atoms with Crippen molar-refractivity contribution in [2.24, 2.45) is 5.41 Å². The molecule has 0 unspecified atom stereocenters. The largest absolute Gasteiger partial charge is 0.465 e. The zero-order valence-electron chi connectivity index (χ0n) is 7.04. The Bertz CT molecular complexity index is 242. The average Bonchev–Trinajstić information content (AvgIpc) is 2.54. The summed E-state index contributed by atoms with van der Waals surface area (Å²) < 4.78 is 4.82. The van der Waals surface area contributed by atoms with Gasteiger partial charge in [0.15, 0.2) is 5.41 Å². The summed E-state index contributed by atoms with van der Waals surface area (Å²) in [7, 11) is 0. The van der Waals surface area contributed by atoms with Gasteiger partial charge >= 0.3 is 5.97 Å². The number of ether oxygens (including phenoxy) is 1. The van der Waals surface area contributed by atoms with Crippen LogP contribution < -0.4 is 0 Å². The molecule has 0 aromatic carbocycles. The molecule has 0 heterocycles. The van der Waals surface area contributed by atoms with Crippen LogP contribution in [0.25, 0.3) is 0 Å². The van der Waals surface area contributed by atoms with Crippen LogP contribution >= 0.6 is 0 Å². The molecule has 64 valence electrons. The molecule has 12 heavy (non-hydrogen) atoms. The van der Waals surface area contributed by atoms with E-state index in [4.69, 9.17) is 10.00 Å². The minimum atomic E-state index is -0.921. The van der Waals surface area contributed by atoms with Gasteiger partial charge in [0.2, 0.25) is 0 Å². The zero-order valence-corrected chi connectivity index (χ0v) is 7.04. The fraction of sp³-hybridized carbons (Fsp3) is 0.556. The predicted octanol–water partition coefficient (Wildman–Crippen LogP) is 1.41. The molecule has 1 aliphatic carbocycles. The van der Waals surface area contributed by atoms with Gasteiger partial charge in [0.05, 0.1) is 12.7 Å². The monoisotopic (exact) mass is 165 g/mol. The van der Waals surface area contributed by atoms with Crippen molar-refractivity contribution in [3.8, 4) is 6.07 Å². The Labute approximate surface area is 71.6 Å². The molecule has 0 atom stereocenters. The van der Waals surface area contributed by atoms with E-state index in [-0.39, 0.29) is 0 Å². The minimum absolute atomic E-state index is 0.336. The summed E-state index contributed by atoms with van der Waals surface area (Å²) in [5.41, 5.74) is -0.921. The highest BCUT2D eigenvalue weighted by Crippen LogP contribution is 2.33. The number of carbonyl (C=O) groups excluding carboxylic acids is 1. The quantitative estimate of drug-likeness (QED) is 0.459. The Morgan fingerprint density at radius 3 is 2.67 bits per heavy atom. The van der Waals surface area contributed by atoms with Gasteiger partial charge in [0.1, 0.15) is 0 Å². The lowest BCUT2D eigenvalue weighted by atomic mass is 9.87. The number of rotatable bonds is 2. The summed E-state index contributed by atoms with van der Waals surface area (Å²) in [5.74, 6) is -0.391. The second-order valence-electron chi connectivity index (χ2n) is 2.79. The van der Waals surface area contributed by atoms with Crippen LogP contribution in [-0.4, -0.2) is 12.6 Å². The highest BCUT2D eigenvalue weighted by molar-refractivity contribution is 5.81. The topological polar surface area (TPSA) is 50.1 Å². The third-order valence-corrected chi connectivity index (χ3v) is 1.98. The molecule has 1 rings (SSSR count). The van der Waals surface area contributed by atoms with Gasteiger partial charge in [-0.3, -0.25) is 4.79 Å². The van der Waals surface area contributed by atoms with Crippen molar-refractivity contribution in [2.75, 3.05) is 6.61 Å². The summed E-state index contributed by atoms with van der Waals surface area (Å²) in [5, 5.41) is 8.82. The van der Waals surface area contributed by atoms with Crippen molar-refractivity contribution in [2.45, 2.75) is 19.8 Å². The molecule has 0 fully saturated rings. The second-order valence-corrected chi connectivity index (χ2v) is 2.79. The number of hydrogen-bond acceptors (Lipinski definition) is 3. The summed E-state index contributed by atoms with van der Waals surface area (Å²) >= 11 is 0. The number of allylic oxidation sites excluding steroid dienone is 2. The van der Waals surface area contributed by atoms with E-state index in [0.29, 0.717) is 19.4 Å². The van der Waals surface area contributed by atoms with Gasteiger partial charge in [-0.15, -0.1) is 0 Å². The second kappa shape index (κ2) is 3.40. The smallest absolute Gasteiger partial charge is 0.327 e. The average molecular weight is 165 g/mol. The molecular formula is C9H11NO2. The molecule has 0 saturated heterocycles. The first-order valence-corrected chi connectivity index (χ1v) is 3.98. The predicted molar refractivity (Wildman–Crippen MR) is 43.1 cm³/mol. The maximum atomic E-state index is 11.3. The van der Waals surface area contributed by atoms with Gasteiger partial charge in [0, 0.05) is 0 Å². The molecule has 0 saturated carbocycles. The van der Waals surface area contributed by atoms with E-state index < -0.39 is 11.4 Å². The molecule has 3 heteroatoms. The molecule has 0 aromatic heterocycles. The maximum Gasteiger partial charge on any atom is 0.327 e. The molecule has 0 N–H and O–H groups in total. The summed E-state index contributed by atoms with van der Waals surface area (Å²) in [6.45, 7) is 2.08. The Balaban J connectivity index is 2.69. The number of nitrogens with zero attached hydrogens (tertiary/aromatic N) is 1. The first-order chi connectivity index (χ1) is 5.75. The van der Waals surface area contributed by atoms with Crippen LogP contribution in [0.5, 0.6) is 0 Å². The van der Waals surface area contributed by atoms with E-state index in [1.807, 2.05) is 18.2 Å². The van der Waals surface area contributed by atoms with Gasteiger partial charge in [-0.25, -0.2) is 0 Å². The van der Waals surface area contributed by atoms with Crippen LogP contribution in [-0.2, 0) is 9.53 Å². The fourth-order valence-electron chi connectivity index (χ4n) is 1.23. The molecule has 0 aliphatic heterocycles. The van der Waals surface area contributed by atoms with E-state index in [0.717, 1.165) is 0 Å². The number of hydrogen-bond donors (Lipinski definition) is 0. The van der Waals surface area contributed by atoms with Crippen molar-refractivity contribution in [3.05, 3.63) is 12.2 Å². The van der Waals surface area contributed by atoms with E-state index in [1.54, 1.807) is 6.92 Å². The van der Waals surface area contributed by atoms with Crippen LogP contribution in [0.2, 0.25) is 0 Å². The molecule has 0 amide bonds. The Morgan fingerprint density at radius 1 is 1.67 bits per heavy atom. The Kier molecular flexibility index (Phi) is 2.49. The van der Waals surface area contributed by atoms with Crippen LogP contribution in [0.1, 0.15) is 19.8 Å². The minimum Gasteiger partial charge on any atom is -0.465 e. The van der Waals surface area contributed by atoms with Crippen LogP contribution in [0.3, 0.4) is 0 Å².